The molecular weight excluding hydrogens is 394 g/mol. The van der Waals surface area contributed by atoms with Gasteiger partial charge < -0.3 is 9.16 Å². The van der Waals surface area contributed by atoms with Crippen molar-refractivity contribution in [3.8, 4) is 0 Å². The van der Waals surface area contributed by atoms with Gasteiger partial charge in [-0.3, -0.25) is 4.79 Å². The van der Waals surface area contributed by atoms with E-state index in [0.717, 1.165) is 17.6 Å². The maximum atomic E-state index is 13.0. The Kier molecular flexibility index (Phi) is 8.05. The molecule has 0 aliphatic carbocycles. The number of ether oxygens (including phenoxy) is 1. The van der Waals surface area contributed by atoms with E-state index < -0.39 is 14.4 Å². The van der Waals surface area contributed by atoms with Crippen LogP contribution in [0.5, 0.6) is 0 Å². The molecule has 1 aliphatic rings. The highest BCUT2D eigenvalue weighted by Crippen LogP contribution is 2.36. The van der Waals surface area contributed by atoms with Gasteiger partial charge >= 0.3 is 6.09 Å². The van der Waals surface area contributed by atoms with E-state index in [9.17, 15) is 9.59 Å². The van der Waals surface area contributed by atoms with Crippen molar-refractivity contribution in [1.82, 2.24) is 4.90 Å². The molecule has 2 atom stereocenters. The van der Waals surface area contributed by atoms with Crippen molar-refractivity contribution < 1.29 is 18.8 Å². The molecule has 0 aromatic heterocycles. The first-order valence-corrected chi connectivity index (χ1v) is 13.7. The number of carbonyl (C=O) groups is 2. The molecule has 1 saturated heterocycles. The van der Waals surface area contributed by atoms with Crippen LogP contribution in [0.2, 0.25) is 18.1 Å². The topological polar surface area (TPSA) is 55.8 Å². The van der Waals surface area contributed by atoms with Crippen LogP contribution in [0.15, 0.2) is 42.5 Å². The smallest absolute Gasteiger partial charge is 0.416 e. The van der Waals surface area contributed by atoms with Gasteiger partial charge in [-0.1, -0.05) is 70.2 Å². The molecule has 30 heavy (non-hydrogen) atoms. The minimum Gasteiger partial charge on any atom is -0.447 e. The van der Waals surface area contributed by atoms with E-state index in [1.54, 1.807) is 0 Å². The van der Waals surface area contributed by atoms with Gasteiger partial charge in [0.25, 0.3) is 0 Å². The molecule has 1 heterocycles. The van der Waals surface area contributed by atoms with Gasteiger partial charge in [0.05, 0.1) is 6.04 Å². The average molecular weight is 432 g/mol. The molecule has 1 aliphatic heterocycles. The molecule has 0 spiro atoms. The summed E-state index contributed by atoms with van der Waals surface area (Å²) in [5.41, 5.74) is 2.06. The zero-order chi connectivity index (χ0) is 22.5. The fraction of sp³-hybridized carbons (Fsp3) is 0.583. The molecule has 166 valence electrons. The Morgan fingerprint density at radius 2 is 1.93 bits per heavy atom. The molecule has 0 N–H and O–H groups in total. The van der Waals surface area contributed by atoms with Gasteiger partial charge in [0.1, 0.15) is 6.61 Å². The number of benzene rings is 1. The monoisotopic (exact) mass is 431 g/mol. The number of amides is 2. The van der Waals surface area contributed by atoms with Crippen LogP contribution in [0, 0.1) is 5.92 Å². The predicted octanol–water partition coefficient (Wildman–Crippen LogP) is 5.57. The highest BCUT2D eigenvalue weighted by atomic mass is 28.4. The van der Waals surface area contributed by atoms with Crippen molar-refractivity contribution in [2.45, 2.75) is 71.1 Å². The lowest BCUT2D eigenvalue weighted by molar-refractivity contribution is -0.132. The fourth-order valence-corrected chi connectivity index (χ4v) is 4.34. The summed E-state index contributed by atoms with van der Waals surface area (Å²) in [4.78, 5) is 26.5. The molecule has 6 heteroatoms. The second kappa shape index (κ2) is 9.92. The minimum atomic E-state index is -1.79. The van der Waals surface area contributed by atoms with Crippen LogP contribution in [0.25, 0.3) is 0 Å². The van der Waals surface area contributed by atoms with Crippen LogP contribution >= 0.6 is 0 Å². The predicted molar refractivity (Wildman–Crippen MR) is 123 cm³/mol. The molecule has 0 saturated carbocycles. The SMILES string of the molecule is C=C(CCO[Si](C)(C)C(C)(C)C)C[C@@H](C)C(=O)N1C(=O)OC[C@@H]1Cc1ccccc1. The van der Waals surface area contributed by atoms with Gasteiger partial charge in [-0.05, 0) is 43.0 Å². The molecule has 0 bridgehead atoms. The lowest BCUT2D eigenvalue weighted by Gasteiger charge is -2.36. The maximum Gasteiger partial charge on any atom is 0.416 e. The molecule has 1 aromatic carbocycles. The van der Waals surface area contributed by atoms with Gasteiger partial charge in [0.15, 0.2) is 8.32 Å². The Hall–Kier alpha value is -1.92. The van der Waals surface area contributed by atoms with Crippen LogP contribution in [0.1, 0.15) is 46.1 Å². The average Bonchev–Trinajstić information content (AvgIpc) is 3.00. The zero-order valence-corrected chi connectivity index (χ0v) is 20.4. The minimum absolute atomic E-state index is 0.168. The van der Waals surface area contributed by atoms with Gasteiger partial charge in [-0.25, -0.2) is 9.69 Å². The van der Waals surface area contributed by atoms with E-state index in [0.29, 0.717) is 19.4 Å². The second-order valence-electron chi connectivity index (χ2n) is 9.84. The van der Waals surface area contributed by atoms with Crippen molar-refractivity contribution in [3.63, 3.8) is 0 Å². The van der Waals surface area contributed by atoms with Crippen LogP contribution in [-0.2, 0) is 20.4 Å². The Bertz CT molecular complexity index is 754. The third kappa shape index (κ3) is 6.29. The van der Waals surface area contributed by atoms with Crippen molar-refractivity contribution in [3.05, 3.63) is 48.0 Å². The Morgan fingerprint density at radius 1 is 1.30 bits per heavy atom. The van der Waals surface area contributed by atoms with Crippen molar-refractivity contribution in [2.24, 2.45) is 5.92 Å². The third-order valence-electron chi connectivity index (χ3n) is 6.25. The number of cyclic esters (lactones) is 1. The summed E-state index contributed by atoms with van der Waals surface area (Å²) < 4.78 is 11.4. The molecule has 5 nitrogen and oxygen atoms in total. The van der Waals surface area contributed by atoms with Crippen molar-refractivity contribution >= 4 is 20.3 Å². The number of imide groups is 1. The van der Waals surface area contributed by atoms with E-state index in [1.165, 1.54) is 4.90 Å². The summed E-state index contributed by atoms with van der Waals surface area (Å²) >= 11 is 0. The van der Waals surface area contributed by atoms with Crippen molar-refractivity contribution in [1.29, 1.82) is 0 Å². The summed E-state index contributed by atoms with van der Waals surface area (Å²) in [5, 5.41) is 0.168. The van der Waals surface area contributed by atoms with Gasteiger partial charge in [0.2, 0.25) is 5.91 Å². The number of carbonyl (C=O) groups excluding carboxylic acids is 2. The standard InChI is InChI=1S/C24H37NO4Si/c1-18(13-14-29-30(6,7)24(3,4)5)15-19(2)22(26)25-21(17-28-23(25)27)16-20-11-9-8-10-12-20/h8-12,19,21H,1,13-17H2,2-7H3/t19-,21+/m1/s1. The first-order valence-electron chi connectivity index (χ1n) is 10.8. The molecule has 1 fully saturated rings. The molecular formula is C24H37NO4Si. The summed E-state index contributed by atoms with van der Waals surface area (Å²) in [6, 6.07) is 9.60. The summed E-state index contributed by atoms with van der Waals surface area (Å²) in [6.07, 6.45) is 1.33. The molecule has 0 unspecified atom stereocenters. The Labute approximate surface area is 182 Å². The highest BCUT2D eigenvalue weighted by Gasteiger charge is 2.40. The lowest BCUT2D eigenvalue weighted by Crippen LogP contribution is -2.43. The van der Waals surface area contributed by atoms with E-state index in [1.807, 2.05) is 37.3 Å². The first kappa shape index (κ1) is 24.3. The summed E-state index contributed by atoms with van der Waals surface area (Å²) in [7, 11) is -1.79. The maximum absolute atomic E-state index is 13.0. The Morgan fingerprint density at radius 3 is 2.53 bits per heavy atom. The number of nitrogens with zero attached hydrogens (tertiary/aromatic N) is 1. The Balaban J connectivity index is 1.89. The van der Waals surface area contributed by atoms with E-state index in [4.69, 9.17) is 9.16 Å². The summed E-state index contributed by atoms with van der Waals surface area (Å²) in [5.74, 6) is -0.515. The number of rotatable bonds is 9. The molecule has 2 amide bonds. The zero-order valence-electron chi connectivity index (χ0n) is 19.4. The molecule has 2 rings (SSSR count). The summed E-state index contributed by atoms with van der Waals surface area (Å²) in [6.45, 7) is 18.0. The van der Waals surface area contributed by atoms with E-state index >= 15 is 0 Å². The van der Waals surface area contributed by atoms with Crippen LogP contribution < -0.4 is 0 Å². The van der Waals surface area contributed by atoms with Gasteiger partial charge in [-0.2, -0.15) is 0 Å². The van der Waals surface area contributed by atoms with E-state index in [-0.39, 0.29) is 29.5 Å². The lowest BCUT2D eigenvalue weighted by atomic mass is 9.97. The van der Waals surface area contributed by atoms with Crippen LogP contribution in [-0.4, -0.2) is 44.5 Å². The van der Waals surface area contributed by atoms with Gasteiger partial charge in [0, 0.05) is 12.5 Å². The first-order chi connectivity index (χ1) is 13.9. The van der Waals surface area contributed by atoms with Crippen molar-refractivity contribution in [2.75, 3.05) is 13.2 Å². The van der Waals surface area contributed by atoms with Gasteiger partial charge in [-0.15, -0.1) is 0 Å². The highest BCUT2D eigenvalue weighted by molar-refractivity contribution is 6.74. The normalized spacial score (nSPS) is 18.3. The number of hydrogen-bond acceptors (Lipinski definition) is 4. The molecule has 1 aromatic rings. The molecule has 0 radical (unpaired) electrons. The third-order valence-corrected chi connectivity index (χ3v) is 10.8. The van der Waals surface area contributed by atoms with Crippen LogP contribution in [0.3, 0.4) is 0 Å². The van der Waals surface area contributed by atoms with E-state index in [2.05, 4.69) is 40.4 Å². The van der Waals surface area contributed by atoms with Crippen LogP contribution in [0.4, 0.5) is 4.79 Å². The number of hydrogen-bond donors (Lipinski definition) is 0. The quantitative estimate of drug-likeness (QED) is 0.379. The largest absolute Gasteiger partial charge is 0.447 e. The second-order valence-corrected chi connectivity index (χ2v) is 14.7. The fourth-order valence-electron chi connectivity index (χ4n) is 3.29.